The molecule has 0 radical (unpaired) electrons. The van der Waals surface area contributed by atoms with Crippen LogP contribution in [0.15, 0.2) is 66.7 Å². The van der Waals surface area contributed by atoms with Crippen LogP contribution in [0.2, 0.25) is 0 Å². The Morgan fingerprint density at radius 2 is 1.91 bits per heavy atom. The predicted octanol–water partition coefficient (Wildman–Crippen LogP) is 4.67. The smallest absolute Gasteiger partial charge is 0.229 e. The molecule has 160 valence electrons. The molecule has 1 saturated heterocycles. The van der Waals surface area contributed by atoms with Gasteiger partial charge in [-0.15, -0.1) is 0 Å². The van der Waals surface area contributed by atoms with Crippen LogP contribution in [-0.2, 0) is 9.59 Å². The summed E-state index contributed by atoms with van der Waals surface area (Å²) in [6.45, 7) is 1.92. The highest BCUT2D eigenvalue weighted by atomic mass is 19.1. The zero-order valence-corrected chi connectivity index (χ0v) is 17.4. The van der Waals surface area contributed by atoms with E-state index >= 15 is 0 Å². The normalized spacial score (nSPS) is 16.0. The second-order valence-electron chi connectivity index (χ2n) is 8.00. The minimum absolute atomic E-state index is 0.0337. The van der Waals surface area contributed by atoms with Crippen molar-refractivity contribution in [3.63, 3.8) is 0 Å². The Morgan fingerprint density at radius 1 is 1.12 bits per heavy atom. The Balaban J connectivity index is 1.37. The van der Waals surface area contributed by atoms with E-state index in [9.17, 15) is 14.0 Å². The van der Waals surface area contributed by atoms with Crippen molar-refractivity contribution < 1.29 is 14.0 Å². The highest BCUT2D eigenvalue weighted by Gasteiger charge is 2.36. The number of carbonyl (C=O) groups excluding carboxylic acids is 2. The number of fused-ring (bicyclic) bond motifs is 1. The molecule has 0 aliphatic carbocycles. The van der Waals surface area contributed by atoms with Crippen molar-refractivity contribution in [3.05, 3.63) is 78.1 Å². The molecular formula is C25H21FN4O2. The van der Waals surface area contributed by atoms with E-state index < -0.39 is 11.7 Å². The summed E-state index contributed by atoms with van der Waals surface area (Å²) in [5, 5.41) is 2.94. The van der Waals surface area contributed by atoms with E-state index in [1.165, 1.54) is 11.0 Å². The molecule has 7 heteroatoms. The van der Waals surface area contributed by atoms with Crippen LogP contribution in [0.25, 0.3) is 22.4 Å². The minimum Gasteiger partial charge on any atom is -0.338 e. The Bertz CT molecular complexity index is 1310. The van der Waals surface area contributed by atoms with E-state index in [0.717, 1.165) is 22.2 Å². The molecule has 2 N–H and O–H groups in total. The van der Waals surface area contributed by atoms with Crippen molar-refractivity contribution in [2.45, 2.75) is 13.3 Å². The molecule has 32 heavy (non-hydrogen) atoms. The van der Waals surface area contributed by atoms with Crippen LogP contribution < -0.4 is 10.2 Å². The number of amides is 2. The first-order chi connectivity index (χ1) is 15.5. The number of imidazole rings is 1. The quantitative estimate of drug-likeness (QED) is 0.496. The topological polar surface area (TPSA) is 78.1 Å². The van der Waals surface area contributed by atoms with Gasteiger partial charge in [-0.25, -0.2) is 9.37 Å². The number of para-hydroxylation sites is 3. The second kappa shape index (κ2) is 7.92. The fourth-order valence-corrected chi connectivity index (χ4v) is 4.06. The van der Waals surface area contributed by atoms with Crippen molar-refractivity contribution in [3.8, 4) is 11.4 Å². The Labute approximate surface area is 184 Å². The first-order valence-electron chi connectivity index (χ1n) is 10.4. The van der Waals surface area contributed by atoms with Crippen LogP contribution >= 0.6 is 0 Å². The lowest BCUT2D eigenvalue weighted by atomic mass is 10.1. The van der Waals surface area contributed by atoms with Crippen LogP contribution in [-0.4, -0.2) is 28.3 Å². The number of carbonyl (C=O) groups is 2. The standard InChI is InChI=1S/C25H21FN4O2/c1-15-10-11-22(18(26)12-15)30-14-16(13-23(30)31)25(32)29-19-7-3-2-6-17(19)24-27-20-8-4-5-9-21(20)28-24/h2-12,16H,13-14H2,1H3,(H,27,28)(H,29,32). The number of nitrogens with zero attached hydrogens (tertiary/aromatic N) is 2. The number of aromatic amines is 1. The number of rotatable bonds is 4. The Hall–Kier alpha value is -4.00. The van der Waals surface area contributed by atoms with Crippen molar-refractivity contribution >= 4 is 34.2 Å². The molecule has 3 aromatic carbocycles. The predicted molar refractivity (Wildman–Crippen MR) is 122 cm³/mol. The lowest BCUT2D eigenvalue weighted by molar-refractivity contribution is -0.122. The van der Waals surface area contributed by atoms with Gasteiger partial charge in [0.1, 0.15) is 11.6 Å². The minimum atomic E-state index is -0.577. The SMILES string of the molecule is Cc1ccc(N2CC(C(=O)Nc3ccccc3-c3nc4ccccc4[nH]3)CC2=O)c(F)c1. The number of hydrogen-bond acceptors (Lipinski definition) is 3. The highest BCUT2D eigenvalue weighted by Crippen LogP contribution is 2.31. The Kier molecular flexibility index (Phi) is 4.93. The fraction of sp³-hybridized carbons (Fsp3) is 0.160. The third kappa shape index (κ3) is 3.62. The molecular weight excluding hydrogens is 407 g/mol. The molecule has 5 rings (SSSR count). The summed E-state index contributed by atoms with van der Waals surface area (Å²) >= 11 is 0. The summed E-state index contributed by atoms with van der Waals surface area (Å²) in [6, 6.07) is 19.8. The van der Waals surface area contributed by atoms with Gasteiger partial charge in [0, 0.05) is 18.5 Å². The zero-order chi connectivity index (χ0) is 22.2. The number of anilines is 2. The van der Waals surface area contributed by atoms with Crippen molar-refractivity contribution in [2.75, 3.05) is 16.8 Å². The largest absolute Gasteiger partial charge is 0.338 e. The van der Waals surface area contributed by atoms with Gasteiger partial charge in [0.2, 0.25) is 11.8 Å². The van der Waals surface area contributed by atoms with Crippen molar-refractivity contribution in [2.24, 2.45) is 5.92 Å². The maximum absolute atomic E-state index is 14.4. The van der Waals surface area contributed by atoms with Gasteiger partial charge in [0.25, 0.3) is 0 Å². The summed E-state index contributed by atoms with van der Waals surface area (Å²) in [4.78, 5) is 34.8. The number of benzene rings is 3. The van der Waals surface area contributed by atoms with Crippen LogP contribution in [0.5, 0.6) is 0 Å². The van der Waals surface area contributed by atoms with Gasteiger partial charge in [0.15, 0.2) is 0 Å². The third-order valence-electron chi connectivity index (χ3n) is 5.72. The average Bonchev–Trinajstić information content (AvgIpc) is 3.38. The number of aromatic nitrogens is 2. The molecule has 1 fully saturated rings. The number of hydrogen-bond donors (Lipinski definition) is 2. The zero-order valence-electron chi connectivity index (χ0n) is 17.4. The molecule has 0 spiro atoms. The molecule has 2 amide bonds. The van der Waals surface area contributed by atoms with Gasteiger partial charge in [0.05, 0.1) is 28.3 Å². The van der Waals surface area contributed by atoms with Gasteiger partial charge >= 0.3 is 0 Å². The van der Waals surface area contributed by atoms with Crippen molar-refractivity contribution in [1.82, 2.24) is 9.97 Å². The summed E-state index contributed by atoms with van der Waals surface area (Å²) < 4.78 is 14.4. The maximum Gasteiger partial charge on any atom is 0.229 e. The first kappa shape index (κ1) is 19.9. The van der Waals surface area contributed by atoms with Gasteiger partial charge in [-0.05, 0) is 48.9 Å². The number of aryl methyl sites for hydroxylation is 1. The monoisotopic (exact) mass is 428 g/mol. The molecule has 4 aromatic rings. The lowest BCUT2D eigenvalue weighted by Gasteiger charge is -2.18. The second-order valence-corrected chi connectivity index (χ2v) is 8.00. The molecule has 2 heterocycles. The van der Waals surface area contributed by atoms with Gasteiger partial charge in [-0.3, -0.25) is 9.59 Å². The van der Waals surface area contributed by atoms with E-state index in [1.807, 2.05) is 42.5 Å². The molecule has 0 bridgehead atoms. The average molecular weight is 428 g/mol. The summed E-state index contributed by atoms with van der Waals surface area (Å²) in [6.07, 6.45) is 0.0337. The van der Waals surface area contributed by atoms with Crippen LogP contribution in [0.4, 0.5) is 15.8 Å². The lowest BCUT2D eigenvalue weighted by Crippen LogP contribution is -2.28. The summed E-state index contributed by atoms with van der Waals surface area (Å²) in [7, 11) is 0. The van der Waals surface area contributed by atoms with Gasteiger partial charge in [-0.1, -0.05) is 30.3 Å². The third-order valence-corrected chi connectivity index (χ3v) is 5.72. The molecule has 1 unspecified atom stereocenters. The van der Waals surface area contributed by atoms with E-state index in [0.29, 0.717) is 11.5 Å². The molecule has 1 aliphatic heterocycles. The van der Waals surface area contributed by atoms with Gasteiger partial charge < -0.3 is 15.2 Å². The maximum atomic E-state index is 14.4. The molecule has 1 atom stereocenters. The molecule has 1 aliphatic rings. The van der Waals surface area contributed by atoms with E-state index in [-0.39, 0.29) is 30.5 Å². The molecule has 0 saturated carbocycles. The van der Waals surface area contributed by atoms with Crippen molar-refractivity contribution in [1.29, 1.82) is 0 Å². The van der Waals surface area contributed by atoms with Crippen LogP contribution in [0.1, 0.15) is 12.0 Å². The van der Waals surface area contributed by atoms with Gasteiger partial charge in [-0.2, -0.15) is 0 Å². The van der Waals surface area contributed by atoms with Crippen LogP contribution in [0.3, 0.4) is 0 Å². The number of halogens is 1. The van der Waals surface area contributed by atoms with E-state index in [4.69, 9.17) is 0 Å². The summed E-state index contributed by atoms with van der Waals surface area (Å²) in [5.74, 6) is -0.940. The number of H-pyrrole nitrogens is 1. The Morgan fingerprint density at radius 3 is 2.72 bits per heavy atom. The summed E-state index contributed by atoms with van der Waals surface area (Å²) in [5.41, 5.74) is 4.07. The highest BCUT2D eigenvalue weighted by molar-refractivity contribution is 6.04. The molecule has 1 aromatic heterocycles. The van der Waals surface area contributed by atoms with E-state index in [1.54, 1.807) is 25.1 Å². The molecule has 6 nitrogen and oxygen atoms in total. The van der Waals surface area contributed by atoms with E-state index in [2.05, 4.69) is 15.3 Å². The number of nitrogens with one attached hydrogen (secondary N) is 2. The fourth-order valence-electron chi connectivity index (χ4n) is 4.06. The van der Waals surface area contributed by atoms with Crippen LogP contribution in [0, 0.1) is 18.7 Å². The first-order valence-corrected chi connectivity index (χ1v) is 10.4.